The molecule has 0 aliphatic carbocycles. The molecule has 1 aliphatic heterocycles. The number of benzene rings is 2. The molecule has 2 aromatic carbocycles. The van der Waals surface area contributed by atoms with Crippen molar-refractivity contribution in [1.29, 1.82) is 0 Å². The van der Waals surface area contributed by atoms with E-state index in [9.17, 15) is 13.2 Å². The van der Waals surface area contributed by atoms with Crippen molar-refractivity contribution in [2.24, 2.45) is 5.92 Å². The topological polar surface area (TPSA) is 75.7 Å². The van der Waals surface area contributed by atoms with E-state index in [2.05, 4.69) is 4.72 Å². The Morgan fingerprint density at radius 2 is 1.86 bits per heavy atom. The quantitative estimate of drug-likeness (QED) is 0.773. The van der Waals surface area contributed by atoms with Crippen LogP contribution in [0.5, 0.6) is 5.75 Å². The van der Waals surface area contributed by atoms with Crippen molar-refractivity contribution in [3.63, 3.8) is 0 Å². The average Bonchev–Trinajstić information content (AvgIpc) is 2.73. The molecule has 1 amide bonds. The number of carbonyl (C=O) groups excluding carboxylic acids is 1. The highest BCUT2D eigenvalue weighted by Crippen LogP contribution is 2.21. The molecule has 0 radical (unpaired) electrons. The first-order chi connectivity index (χ1) is 13.5. The molecule has 1 saturated heterocycles. The lowest BCUT2D eigenvalue weighted by molar-refractivity contribution is 0.0633. The van der Waals surface area contributed by atoms with Crippen LogP contribution < -0.4 is 9.46 Å². The van der Waals surface area contributed by atoms with Crippen LogP contribution in [-0.4, -0.2) is 45.5 Å². The molecule has 1 N–H and O–H groups in total. The van der Waals surface area contributed by atoms with Gasteiger partial charge in [0.25, 0.3) is 5.91 Å². The summed E-state index contributed by atoms with van der Waals surface area (Å²) in [6, 6.07) is 15.8. The van der Waals surface area contributed by atoms with Crippen molar-refractivity contribution in [2.75, 3.05) is 26.2 Å². The Morgan fingerprint density at radius 1 is 1.14 bits per heavy atom. The van der Waals surface area contributed by atoms with Gasteiger partial charge in [-0.1, -0.05) is 25.1 Å². The summed E-state index contributed by atoms with van der Waals surface area (Å²) in [4.78, 5) is 14.8. The number of likely N-dealkylation sites (tertiary alicyclic amines) is 1. The highest BCUT2D eigenvalue weighted by atomic mass is 32.2. The van der Waals surface area contributed by atoms with Crippen molar-refractivity contribution in [2.45, 2.75) is 24.7 Å². The van der Waals surface area contributed by atoms with E-state index in [1.165, 1.54) is 12.1 Å². The molecule has 1 fully saturated rings. The standard InChI is InChI=1S/C21H26N2O4S/c1-2-22-28(25,26)20-12-10-18(11-13-20)21(24)23-14-6-7-17(15-23)16-27-19-8-4-3-5-9-19/h3-5,8-13,17,22H,2,6-7,14-16H2,1H3. The lowest BCUT2D eigenvalue weighted by atomic mass is 9.98. The number of piperidine rings is 1. The summed E-state index contributed by atoms with van der Waals surface area (Å²) in [5, 5.41) is 0. The van der Waals surface area contributed by atoms with Gasteiger partial charge in [0.05, 0.1) is 11.5 Å². The number of hydrogen-bond acceptors (Lipinski definition) is 4. The zero-order chi connectivity index (χ0) is 20.0. The molecule has 0 bridgehead atoms. The second kappa shape index (κ2) is 9.21. The minimum atomic E-state index is -3.51. The zero-order valence-corrected chi connectivity index (χ0v) is 16.8. The average molecular weight is 403 g/mol. The molecule has 1 atom stereocenters. The molecule has 3 rings (SSSR count). The number of para-hydroxylation sites is 1. The second-order valence-electron chi connectivity index (χ2n) is 6.91. The van der Waals surface area contributed by atoms with E-state index < -0.39 is 10.0 Å². The number of carbonyl (C=O) groups is 1. The van der Waals surface area contributed by atoms with E-state index in [-0.39, 0.29) is 16.7 Å². The maximum Gasteiger partial charge on any atom is 0.253 e. The van der Waals surface area contributed by atoms with Gasteiger partial charge in [-0.2, -0.15) is 0 Å². The SMILES string of the molecule is CCNS(=O)(=O)c1ccc(C(=O)N2CCCC(COc3ccccc3)C2)cc1. The second-order valence-corrected chi connectivity index (χ2v) is 8.68. The van der Waals surface area contributed by atoms with Crippen LogP contribution in [-0.2, 0) is 10.0 Å². The van der Waals surface area contributed by atoms with E-state index in [0.717, 1.165) is 18.6 Å². The number of ether oxygens (including phenoxy) is 1. The fourth-order valence-corrected chi connectivity index (χ4v) is 4.39. The molecule has 1 aliphatic rings. The van der Waals surface area contributed by atoms with Gasteiger partial charge in [-0.15, -0.1) is 0 Å². The first kappa shape index (κ1) is 20.4. The van der Waals surface area contributed by atoms with Gasteiger partial charge >= 0.3 is 0 Å². The lowest BCUT2D eigenvalue weighted by Gasteiger charge is -2.32. The summed E-state index contributed by atoms with van der Waals surface area (Å²) >= 11 is 0. The Bertz CT molecular complexity index is 882. The van der Waals surface area contributed by atoms with Gasteiger partial charge in [-0.05, 0) is 49.2 Å². The maximum absolute atomic E-state index is 12.8. The minimum Gasteiger partial charge on any atom is -0.493 e. The largest absolute Gasteiger partial charge is 0.493 e. The van der Waals surface area contributed by atoms with Crippen LogP contribution in [0.15, 0.2) is 59.5 Å². The fraction of sp³-hybridized carbons (Fsp3) is 0.381. The molecule has 0 spiro atoms. The molecule has 28 heavy (non-hydrogen) atoms. The van der Waals surface area contributed by atoms with Crippen molar-refractivity contribution in [1.82, 2.24) is 9.62 Å². The van der Waals surface area contributed by atoms with E-state index in [1.807, 2.05) is 35.2 Å². The number of sulfonamides is 1. The van der Waals surface area contributed by atoms with Crippen molar-refractivity contribution < 1.29 is 17.9 Å². The minimum absolute atomic E-state index is 0.0724. The van der Waals surface area contributed by atoms with Gasteiger partial charge in [0.2, 0.25) is 10.0 Å². The Morgan fingerprint density at radius 3 is 2.54 bits per heavy atom. The maximum atomic E-state index is 12.8. The number of nitrogens with zero attached hydrogens (tertiary/aromatic N) is 1. The van der Waals surface area contributed by atoms with E-state index >= 15 is 0 Å². The first-order valence-corrected chi connectivity index (χ1v) is 11.0. The zero-order valence-electron chi connectivity index (χ0n) is 16.0. The van der Waals surface area contributed by atoms with Crippen molar-refractivity contribution in [3.05, 3.63) is 60.2 Å². The molecular formula is C21H26N2O4S. The lowest BCUT2D eigenvalue weighted by Crippen LogP contribution is -2.41. The van der Waals surface area contributed by atoms with E-state index in [0.29, 0.717) is 31.8 Å². The summed E-state index contributed by atoms with van der Waals surface area (Å²) in [6.45, 7) is 3.97. The predicted molar refractivity (Wildman–Crippen MR) is 108 cm³/mol. The summed E-state index contributed by atoms with van der Waals surface area (Å²) in [6.07, 6.45) is 1.96. The van der Waals surface area contributed by atoms with Crippen molar-refractivity contribution in [3.8, 4) is 5.75 Å². The number of nitrogens with one attached hydrogen (secondary N) is 1. The molecular weight excluding hydrogens is 376 g/mol. The third-order valence-corrected chi connectivity index (χ3v) is 6.34. The third-order valence-electron chi connectivity index (χ3n) is 4.78. The van der Waals surface area contributed by atoms with Crippen LogP contribution in [0.25, 0.3) is 0 Å². The molecule has 0 aromatic heterocycles. The molecule has 2 aromatic rings. The Kier molecular flexibility index (Phi) is 6.70. The number of rotatable bonds is 7. The fourth-order valence-electron chi connectivity index (χ4n) is 3.35. The van der Waals surface area contributed by atoms with E-state index in [4.69, 9.17) is 4.74 Å². The third kappa shape index (κ3) is 5.11. The Hall–Kier alpha value is -2.38. The van der Waals surface area contributed by atoms with Crippen molar-refractivity contribution >= 4 is 15.9 Å². The van der Waals surface area contributed by atoms with Gasteiger partial charge < -0.3 is 9.64 Å². The van der Waals surface area contributed by atoms with Crippen LogP contribution in [0.4, 0.5) is 0 Å². The normalized spacial score (nSPS) is 17.3. The summed E-state index contributed by atoms with van der Waals surface area (Å²) < 4.78 is 32.3. The monoisotopic (exact) mass is 402 g/mol. The Balaban J connectivity index is 1.60. The molecule has 0 saturated carbocycles. The highest BCUT2D eigenvalue weighted by molar-refractivity contribution is 7.89. The van der Waals surface area contributed by atoms with Crippen LogP contribution in [0.2, 0.25) is 0 Å². The van der Waals surface area contributed by atoms with Gasteiger partial charge in [-0.25, -0.2) is 13.1 Å². The smallest absolute Gasteiger partial charge is 0.253 e. The van der Waals surface area contributed by atoms with Crippen LogP contribution >= 0.6 is 0 Å². The summed E-state index contributed by atoms with van der Waals surface area (Å²) in [7, 11) is -3.51. The van der Waals surface area contributed by atoms with Gasteiger partial charge in [-0.3, -0.25) is 4.79 Å². The predicted octanol–water partition coefficient (Wildman–Crippen LogP) is 2.92. The summed E-state index contributed by atoms with van der Waals surface area (Å²) in [5.74, 6) is 1.05. The van der Waals surface area contributed by atoms with Gasteiger partial charge in [0.15, 0.2) is 0 Å². The first-order valence-electron chi connectivity index (χ1n) is 9.56. The molecule has 1 unspecified atom stereocenters. The number of amides is 1. The van der Waals surface area contributed by atoms with Gasteiger partial charge in [0.1, 0.15) is 5.75 Å². The molecule has 6 nitrogen and oxygen atoms in total. The highest BCUT2D eigenvalue weighted by Gasteiger charge is 2.25. The molecule has 7 heteroatoms. The van der Waals surface area contributed by atoms with Crippen LogP contribution in [0.3, 0.4) is 0 Å². The van der Waals surface area contributed by atoms with Crippen LogP contribution in [0.1, 0.15) is 30.1 Å². The van der Waals surface area contributed by atoms with E-state index in [1.54, 1.807) is 19.1 Å². The molecule has 1 heterocycles. The summed E-state index contributed by atoms with van der Waals surface area (Å²) in [5.41, 5.74) is 0.500. The van der Waals surface area contributed by atoms with Gasteiger partial charge in [0, 0.05) is 31.1 Å². The Labute approximate surface area is 166 Å². The van der Waals surface area contributed by atoms with Crippen LogP contribution in [0, 0.1) is 5.92 Å². The number of hydrogen-bond donors (Lipinski definition) is 1. The molecule has 150 valence electrons.